The van der Waals surface area contributed by atoms with Crippen molar-refractivity contribution in [3.8, 4) is 0 Å². The Balaban J connectivity index is 2.53. The molecule has 0 bridgehead atoms. The molecular formula is C11H18FN3. The molecule has 0 saturated carbocycles. The summed E-state index contributed by atoms with van der Waals surface area (Å²) >= 11 is 0. The third-order valence-electron chi connectivity index (χ3n) is 2.29. The van der Waals surface area contributed by atoms with Crippen molar-refractivity contribution in [1.82, 2.24) is 10.3 Å². The Hall–Kier alpha value is -1.00. The van der Waals surface area contributed by atoms with E-state index in [0.717, 1.165) is 25.1 Å². The Morgan fingerprint density at radius 1 is 1.53 bits per heavy atom. The third-order valence-corrected chi connectivity index (χ3v) is 2.29. The van der Waals surface area contributed by atoms with Gasteiger partial charge in [0.15, 0.2) is 0 Å². The first-order valence-corrected chi connectivity index (χ1v) is 5.32. The minimum atomic E-state index is -0.296. The van der Waals surface area contributed by atoms with Crippen LogP contribution < -0.4 is 11.1 Å². The summed E-state index contributed by atoms with van der Waals surface area (Å²) in [4.78, 5) is 4.06. The van der Waals surface area contributed by atoms with E-state index in [-0.39, 0.29) is 11.9 Å². The van der Waals surface area contributed by atoms with Crippen LogP contribution in [0.3, 0.4) is 0 Å². The summed E-state index contributed by atoms with van der Waals surface area (Å²) in [6.45, 7) is 3.62. The first-order valence-electron chi connectivity index (χ1n) is 5.32. The molecule has 84 valence electrons. The van der Waals surface area contributed by atoms with Crippen molar-refractivity contribution < 1.29 is 4.39 Å². The van der Waals surface area contributed by atoms with Gasteiger partial charge in [0, 0.05) is 6.04 Å². The Bertz CT molecular complexity index is 274. The largest absolute Gasteiger partial charge is 0.330 e. The zero-order valence-corrected chi connectivity index (χ0v) is 9.04. The summed E-state index contributed by atoms with van der Waals surface area (Å²) in [5.74, 6) is -0.296. The van der Waals surface area contributed by atoms with Gasteiger partial charge in [-0.1, -0.05) is 6.92 Å². The number of nitrogens with one attached hydrogen (secondary N) is 1. The van der Waals surface area contributed by atoms with Gasteiger partial charge in [-0.15, -0.1) is 0 Å². The molecule has 15 heavy (non-hydrogen) atoms. The van der Waals surface area contributed by atoms with Crippen molar-refractivity contribution in [1.29, 1.82) is 0 Å². The predicted molar refractivity (Wildman–Crippen MR) is 58.9 cm³/mol. The zero-order chi connectivity index (χ0) is 11.1. The maximum Gasteiger partial charge on any atom is 0.141 e. The Labute approximate surface area is 89.9 Å². The SMILES string of the molecule is CCC(NCCCN)c1ccc(F)cn1. The van der Waals surface area contributed by atoms with E-state index in [1.165, 1.54) is 12.3 Å². The molecule has 0 aliphatic rings. The number of hydrogen-bond acceptors (Lipinski definition) is 3. The number of hydrogen-bond donors (Lipinski definition) is 2. The molecule has 0 aliphatic carbocycles. The molecule has 0 fully saturated rings. The number of pyridine rings is 1. The summed E-state index contributed by atoms with van der Waals surface area (Å²) < 4.78 is 12.7. The molecule has 1 aromatic heterocycles. The molecule has 0 spiro atoms. The molecule has 4 heteroatoms. The first-order chi connectivity index (χ1) is 7.27. The van der Waals surface area contributed by atoms with Gasteiger partial charge in [0.2, 0.25) is 0 Å². The highest BCUT2D eigenvalue weighted by Gasteiger charge is 2.09. The summed E-state index contributed by atoms with van der Waals surface area (Å²) in [5.41, 5.74) is 6.29. The van der Waals surface area contributed by atoms with Crippen LogP contribution >= 0.6 is 0 Å². The monoisotopic (exact) mass is 211 g/mol. The maximum absolute atomic E-state index is 12.7. The van der Waals surface area contributed by atoms with Crippen LogP contribution in [0, 0.1) is 5.82 Å². The van der Waals surface area contributed by atoms with Gasteiger partial charge in [-0.05, 0) is 38.1 Å². The quantitative estimate of drug-likeness (QED) is 0.703. The lowest BCUT2D eigenvalue weighted by Gasteiger charge is -2.15. The van der Waals surface area contributed by atoms with Crippen LogP contribution in [0.5, 0.6) is 0 Å². The molecule has 1 heterocycles. The normalized spacial score (nSPS) is 12.7. The van der Waals surface area contributed by atoms with Crippen LogP contribution in [0.1, 0.15) is 31.5 Å². The lowest BCUT2D eigenvalue weighted by molar-refractivity contribution is 0.499. The summed E-state index contributed by atoms with van der Waals surface area (Å²) in [6, 6.07) is 3.35. The highest BCUT2D eigenvalue weighted by molar-refractivity contribution is 5.09. The Kier molecular flexibility index (Phi) is 5.21. The summed E-state index contributed by atoms with van der Waals surface area (Å²) in [6.07, 6.45) is 3.13. The zero-order valence-electron chi connectivity index (χ0n) is 9.04. The first kappa shape index (κ1) is 12.1. The van der Waals surface area contributed by atoms with Crippen molar-refractivity contribution in [2.75, 3.05) is 13.1 Å². The fourth-order valence-corrected chi connectivity index (χ4v) is 1.43. The van der Waals surface area contributed by atoms with Crippen molar-refractivity contribution in [3.63, 3.8) is 0 Å². The van der Waals surface area contributed by atoms with Gasteiger partial charge in [0.05, 0.1) is 11.9 Å². The number of halogens is 1. The maximum atomic E-state index is 12.7. The average molecular weight is 211 g/mol. The molecule has 1 rings (SSSR count). The smallest absolute Gasteiger partial charge is 0.141 e. The van der Waals surface area contributed by atoms with Gasteiger partial charge >= 0.3 is 0 Å². The molecule has 1 aromatic rings. The van der Waals surface area contributed by atoms with Gasteiger partial charge in [0.25, 0.3) is 0 Å². The van der Waals surface area contributed by atoms with Gasteiger partial charge in [-0.25, -0.2) is 4.39 Å². The highest BCUT2D eigenvalue weighted by Crippen LogP contribution is 2.13. The molecule has 0 radical (unpaired) electrons. The number of nitrogens with zero attached hydrogens (tertiary/aromatic N) is 1. The van der Waals surface area contributed by atoms with Gasteiger partial charge in [-0.3, -0.25) is 4.98 Å². The van der Waals surface area contributed by atoms with Gasteiger partial charge in [0.1, 0.15) is 5.82 Å². The van der Waals surface area contributed by atoms with Crippen molar-refractivity contribution in [2.24, 2.45) is 5.73 Å². The predicted octanol–water partition coefficient (Wildman–Crippen LogP) is 1.61. The van der Waals surface area contributed by atoms with Crippen LogP contribution in [-0.4, -0.2) is 18.1 Å². The van der Waals surface area contributed by atoms with E-state index in [2.05, 4.69) is 17.2 Å². The van der Waals surface area contributed by atoms with Crippen LogP contribution in [-0.2, 0) is 0 Å². The molecule has 1 atom stereocenters. The van der Waals surface area contributed by atoms with E-state index in [4.69, 9.17) is 5.73 Å². The van der Waals surface area contributed by atoms with E-state index >= 15 is 0 Å². The van der Waals surface area contributed by atoms with Crippen LogP contribution in [0.15, 0.2) is 18.3 Å². The number of nitrogens with two attached hydrogens (primary N) is 1. The lowest BCUT2D eigenvalue weighted by Crippen LogP contribution is -2.24. The van der Waals surface area contributed by atoms with Gasteiger partial charge in [-0.2, -0.15) is 0 Å². The fourth-order valence-electron chi connectivity index (χ4n) is 1.43. The molecule has 0 aliphatic heterocycles. The van der Waals surface area contributed by atoms with E-state index in [1.807, 2.05) is 0 Å². The number of aromatic nitrogens is 1. The number of rotatable bonds is 6. The van der Waals surface area contributed by atoms with E-state index in [0.29, 0.717) is 6.54 Å². The Morgan fingerprint density at radius 2 is 2.33 bits per heavy atom. The molecule has 0 amide bonds. The van der Waals surface area contributed by atoms with Crippen molar-refractivity contribution in [2.45, 2.75) is 25.8 Å². The minimum absolute atomic E-state index is 0.192. The van der Waals surface area contributed by atoms with E-state index in [9.17, 15) is 4.39 Å². The van der Waals surface area contributed by atoms with Crippen molar-refractivity contribution >= 4 is 0 Å². The standard InChI is InChI=1S/C11H18FN3/c1-2-10(14-7-3-6-13)11-5-4-9(12)8-15-11/h4-5,8,10,14H,2-3,6-7,13H2,1H3. The topological polar surface area (TPSA) is 50.9 Å². The third kappa shape index (κ3) is 3.93. The van der Waals surface area contributed by atoms with Crippen LogP contribution in [0.4, 0.5) is 4.39 Å². The van der Waals surface area contributed by atoms with Crippen molar-refractivity contribution in [3.05, 3.63) is 29.8 Å². The average Bonchev–Trinajstić information content (AvgIpc) is 2.26. The summed E-state index contributed by atoms with van der Waals surface area (Å²) in [5, 5.41) is 3.34. The second-order valence-electron chi connectivity index (χ2n) is 3.46. The summed E-state index contributed by atoms with van der Waals surface area (Å²) in [7, 11) is 0. The van der Waals surface area contributed by atoms with E-state index in [1.54, 1.807) is 6.07 Å². The second-order valence-corrected chi connectivity index (χ2v) is 3.46. The Morgan fingerprint density at radius 3 is 2.87 bits per heavy atom. The fraction of sp³-hybridized carbons (Fsp3) is 0.545. The molecular weight excluding hydrogens is 193 g/mol. The molecule has 1 unspecified atom stereocenters. The van der Waals surface area contributed by atoms with Crippen LogP contribution in [0.25, 0.3) is 0 Å². The lowest BCUT2D eigenvalue weighted by atomic mass is 10.1. The molecule has 3 nitrogen and oxygen atoms in total. The second kappa shape index (κ2) is 6.48. The highest BCUT2D eigenvalue weighted by atomic mass is 19.1. The van der Waals surface area contributed by atoms with Gasteiger partial charge < -0.3 is 11.1 Å². The molecule has 0 saturated heterocycles. The van der Waals surface area contributed by atoms with E-state index < -0.39 is 0 Å². The molecule has 3 N–H and O–H groups in total. The molecule has 0 aromatic carbocycles. The minimum Gasteiger partial charge on any atom is -0.330 e. The van der Waals surface area contributed by atoms with Crippen LogP contribution in [0.2, 0.25) is 0 Å².